The molecule has 2 aliphatic rings. The quantitative estimate of drug-likeness (QED) is 0.338. The first-order valence-electron chi connectivity index (χ1n) is 5.98. The predicted molar refractivity (Wildman–Crippen MR) is 77.8 cm³/mol. The summed E-state index contributed by atoms with van der Waals surface area (Å²) in [6.07, 6.45) is 3.93. The molecule has 0 aromatic carbocycles. The number of hydrogen-bond donors (Lipinski definition) is 2. The number of methoxy groups -OCH3 is 1. The topological polar surface area (TPSA) is 68.9 Å². The molecule has 2 fully saturated rings. The summed E-state index contributed by atoms with van der Waals surface area (Å²) in [6, 6.07) is 0.455. The number of ether oxygens (including phenoxy) is 2. The first-order valence-corrected chi connectivity index (χ1v) is 5.98. The van der Waals surface area contributed by atoms with Gasteiger partial charge in [-0.15, -0.1) is 24.0 Å². The van der Waals surface area contributed by atoms with Crippen molar-refractivity contribution in [3.05, 3.63) is 0 Å². The Bertz CT molecular complexity index is 263. The van der Waals surface area contributed by atoms with Crippen molar-refractivity contribution in [1.29, 1.82) is 0 Å². The molecule has 100 valence electrons. The van der Waals surface area contributed by atoms with Crippen LogP contribution < -0.4 is 11.1 Å². The van der Waals surface area contributed by atoms with Gasteiger partial charge in [0.2, 0.25) is 0 Å². The van der Waals surface area contributed by atoms with E-state index in [4.69, 9.17) is 15.2 Å². The lowest BCUT2D eigenvalue weighted by Crippen LogP contribution is -2.59. The maximum atomic E-state index is 5.79. The normalized spacial score (nSPS) is 32.1. The third kappa shape index (κ3) is 3.96. The van der Waals surface area contributed by atoms with Gasteiger partial charge in [0, 0.05) is 25.7 Å². The van der Waals surface area contributed by atoms with E-state index in [1.54, 1.807) is 7.11 Å². The minimum atomic E-state index is 0. The average Bonchev–Trinajstić information content (AvgIpc) is 2.26. The van der Waals surface area contributed by atoms with Gasteiger partial charge in [-0.3, -0.25) is 4.99 Å². The predicted octanol–water partition coefficient (Wildman–Crippen LogP) is 0.723. The zero-order valence-corrected chi connectivity index (χ0v) is 12.6. The van der Waals surface area contributed by atoms with Crippen LogP contribution in [-0.2, 0) is 9.47 Å². The molecule has 3 N–H and O–H groups in total. The van der Waals surface area contributed by atoms with Crippen LogP contribution in [0.25, 0.3) is 0 Å². The van der Waals surface area contributed by atoms with Crippen molar-refractivity contribution in [1.82, 2.24) is 5.32 Å². The van der Waals surface area contributed by atoms with Gasteiger partial charge in [0.15, 0.2) is 5.96 Å². The zero-order valence-electron chi connectivity index (χ0n) is 10.2. The molecule has 0 aromatic rings. The van der Waals surface area contributed by atoms with Gasteiger partial charge in [0.1, 0.15) is 0 Å². The fraction of sp³-hybridized carbons (Fsp3) is 0.909. The van der Waals surface area contributed by atoms with Gasteiger partial charge in [0.05, 0.1) is 19.3 Å². The number of fused-ring (bicyclic) bond motifs is 1. The second kappa shape index (κ2) is 7.38. The van der Waals surface area contributed by atoms with E-state index in [0.29, 0.717) is 37.2 Å². The van der Waals surface area contributed by atoms with Gasteiger partial charge in [-0.25, -0.2) is 0 Å². The summed E-state index contributed by atoms with van der Waals surface area (Å²) in [5.74, 6) is 1.16. The Balaban J connectivity index is 0.00000144. The summed E-state index contributed by atoms with van der Waals surface area (Å²) in [5, 5.41) is 3.27. The number of nitrogens with two attached hydrogens (primary N) is 1. The maximum absolute atomic E-state index is 5.79. The molecule has 1 heterocycles. The first kappa shape index (κ1) is 15.0. The molecule has 3 atom stereocenters. The third-order valence-corrected chi connectivity index (χ3v) is 3.41. The van der Waals surface area contributed by atoms with Crippen LogP contribution in [0, 0.1) is 5.92 Å². The fourth-order valence-corrected chi connectivity index (χ4v) is 2.45. The molecule has 5 nitrogen and oxygen atoms in total. The van der Waals surface area contributed by atoms with Gasteiger partial charge in [0.25, 0.3) is 0 Å². The SMILES string of the molecule is COCCN=C(N)NC1CC2OCCCC12.I. The monoisotopic (exact) mass is 355 g/mol. The van der Waals surface area contributed by atoms with E-state index in [1.165, 1.54) is 12.8 Å². The van der Waals surface area contributed by atoms with Crippen LogP contribution in [0.1, 0.15) is 19.3 Å². The number of nitrogens with zero attached hydrogens (tertiary/aromatic N) is 1. The molecule has 1 aliphatic carbocycles. The smallest absolute Gasteiger partial charge is 0.188 e. The number of rotatable bonds is 4. The molecule has 3 unspecified atom stereocenters. The molecule has 1 saturated heterocycles. The van der Waals surface area contributed by atoms with Crippen LogP contribution in [0.15, 0.2) is 4.99 Å². The number of aliphatic imine (C=N–C) groups is 1. The summed E-state index contributed by atoms with van der Waals surface area (Å²) < 4.78 is 10.6. The van der Waals surface area contributed by atoms with Crippen LogP contribution in [-0.4, -0.2) is 45.0 Å². The lowest BCUT2D eigenvalue weighted by atomic mass is 9.72. The summed E-state index contributed by atoms with van der Waals surface area (Å²) >= 11 is 0. The Morgan fingerprint density at radius 3 is 3.12 bits per heavy atom. The minimum absolute atomic E-state index is 0. The standard InChI is InChI=1S/C11H21N3O2.HI/c1-15-6-4-13-11(12)14-9-7-10-8(9)3-2-5-16-10;/h8-10H,2-7H2,1H3,(H3,12,13,14);1H. The van der Waals surface area contributed by atoms with Crippen molar-refractivity contribution in [2.24, 2.45) is 16.6 Å². The lowest BCUT2D eigenvalue weighted by molar-refractivity contribution is -0.0989. The highest BCUT2D eigenvalue weighted by atomic mass is 127. The number of guanidine groups is 1. The molecule has 0 spiro atoms. The Morgan fingerprint density at radius 1 is 1.59 bits per heavy atom. The second-order valence-corrected chi connectivity index (χ2v) is 4.46. The van der Waals surface area contributed by atoms with E-state index >= 15 is 0 Å². The molecular formula is C11H22IN3O2. The number of halogens is 1. The van der Waals surface area contributed by atoms with Crippen LogP contribution in [0.5, 0.6) is 0 Å². The van der Waals surface area contributed by atoms with E-state index in [0.717, 1.165) is 13.0 Å². The summed E-state index contributed by atoms with van der Waals surface area (Å²) in [5.41, 5.74) is 5.79. The molecule has 0 aromatic heterocycles. The second-order valence-electron chi connectivity index (χ2n) is 4.46. The van der Waals surface area contributed by atoms with E-state index in [1.807, 2.05) is 0 Å². The van der Waals surface area contributed by atoms with Gasteiger partial charge in [-0.1, -0.05) is 0 Å². The van der Waals surface area contributed by atoms with Crippen molar-refractivity contribution in [3.8, 4) is 0 Å². The van der Waals surface area contributed by atoms with Gasteiger partial charge in [-0.2, -0.15) is 0 Å². The van der Waals surface area contributed by atoms with Crippen LogP contribution in [0.2, 0.25) is 0 Å². The Kier molecular flexibility index (Phi) is 6.50. The Labute approximate surface area is 120 Å². The molecular weight excluding hydrogens is 333 g/mol. The summed E-state index contributed by atoms with van der Waals surface area (Å²) in [6.45, 7) is 2.15. The molecule has 1 aliphatic heterocycles. The number of nitrogens with one attached hydrogen (secondary N) is 1. The Hall–Kier alpha value is -0.0800. The van der Waals surface area contributed by atoms with E-state index < -0.39 is 0 Å². The number of hydrogen-bond acceptors (Lipinski definition) is 3. The van der Waals surface area contributed by atoms with Gasteiger partial charge in [-0.05, 0) is 19.3 Å². The highest BCUT2D eigenvalue weighted by Crippen LogP contribution is 2.37. The highest BCUT2D eigenvalue weighted by molar-refractivity contribution is 14.0. The van der Waals surface area contributed by atoms with Crippen LogP contribution >= 0.6 is 24.0 Å². The maximum Gasteiger partial charge on any atom is 0.188 e. The van der Waals surface area contributed by atoms with E-state index in [-0.39, 0.29) is 24.0 Å². The van der Waals surface area contributed by atoms with Crippen molar-refractivity contribution in [2.45, 2.75) is 31.4 Å². The summed E-state index contributed by atoms with van der Waals surface area (Å²) in [4.78, 5) is 4.19. The van der Waals surface area contributed by atoms with E-state index in [2.05, 4.69) is 10.3 Å². The van der Waals surface area contributed by atoms with Crippen molar-refractivity contribution in [2.75, 3.05) is 26.9 Å². The fourth-order valence-electron chi connectivity index (χ4n) is 2.45. The van der Waals surface area contributed by atoms with Crippen molar-refractivity contribution < 1.29 is 9.47 Å². The van der Waals surface area contributed by atoms with E-state index in [9.17, 15) is 0 Å². The van der Waals surface area contributed by atoms with Crippen molar-refractivity contribution >= 4 is 29.9 Å². The lowest BCUT2D eigenvalue weighted by Gasteiger charge is -2.47. The molecule has 0 radical (unpaired) electrons. The molecule has 1 saturated carbocycles. The first-order chi connectivity index (χ1) is 7.81. The third-order valence-electron chi connectivity index (χ3n) is 3.41. The molecule has 0 bridgehead atoms. The van der Waals surface area contributed by atoms with Crippen LogP contribution in [0.3, 0.4) is 0 Å². The Morgan fingerprint density at radius 2 is 2.41 bits per heavy atom. The molecule has 17 heavy (non-hydrogen) atoms. The van der Waals surface area contributed by atoms with Crippen LogP contribution in [0.4, 0.5) is 0 Å². The van der Waals surface area contributed by atoms with Gasteiger partial charge >= 0.3 is 0 Å². The highest BCUT2D eigenvalue weighted by Gasteiger charge is 2.43. The molecule has 6 heteroatoms. The largest absolute Gasteiger partial charge is 0.383 e. The molecule has 0 amide bonds. The van der Waals surface area contributed by atoms with Crippen molar-refractivity contribution in [3.63, 3.8) is 0 Å². The van der Waals surface area contributed by atoms with Gasteiger partial charge < -0.3 is 20.5 Å². The molecule has 2 rings (SSSR count). The summed E-state index contributed by atoms with van der Waals surface area (Å²) in [7, 11) is 1.66. The average molecular weight is 355 g/mol. The minimum Gasteiger partial charge on any atom is -0.383 e. The zero-order chi connectivity index (χ0) is 11.4.